The van der Waals surface area contributed by atoms with Gasteiger partial charge in [0.15, 0.2) is 0 Å². The average molecular weight is 147 g/mol. The Morgan fingerprint density at radius 1 is 1.44 bits per heavy atom. The Morgan fingerprint density at radius 2 is 2.00 bits per heavy atom. The molecule has 2 N–H and O–H groups in total. The van der Waals surface area contributed by atoms with Crippen molar-refractivity contribution in [1.82, 2.24) is 0 Å². The van der Waals surface area contributed by atoms with Crippen molar-refractivity contribution in [1.29, 1.82) is 0 Å². The molecule has 0 aromatic heterocycles. The Balaban J connectivity index is 2.19. The largest absolute Gasteiger partial charge is 0.252 e. The first-order chi connectivity index (χ1) is 4.29. The minimum absolute atomic E-state index is 0.663. The van der Waals surface area contributed by atoms with Crippen LogP contribution in [-0.4, -0.2) is 9.96 Å². The molecule has 0 saturated heterocycles. The molecule has 0 radical (unpaired) electrons. The Labute approximate surface area is 58.4 Å². The number of rotatable bonds is 2. The molecule has 0 aromatic carbocycles. The molecule has 0 aliphatic heterocycles. The zero-order chi connectivity index (χ0) is 6.69. The Kier molecular flexibility index (Phi) is 2.66. The summed E-state index contributed by atoms with van der Waals surface area (Å²) >= 11 is 0. The highest BCUT2D eigenvalue weighted by atomic mass is 32.2. The summed E-state index contributed by atoms with van der Waals surface area (Å²) in [6, 6.07) is 0. The third-order valence-corrected chi connectivity index (χ3v) is 2.67. The number of hydrogen-bond donors (Lipinski definition) is 1. The van der Waals surface area contributed by atoms with Gasteiger partial charge in [-0.15, -0.1) is 0 Å². The highest BCUT2D eigenvalue weighted by Gasteiger charge is 2.15. The highest BCUT2D eigenvalue weighted by molar-refractivity contribution is 7.82. The maximum atomic E-state index is 10.5. The van der Waals surface area contributed by atoms with Crippen LogP contribution < -0.4 is 5.14 Å². The second-order valence-corrected chi connectivity index (χ2v) is 3.79. The maximum Gasteiger partial charge on any atom is 0.0890 e. The van der Waals surface area contributed by atoms with E-state index in [1.54, 1.807) is 0 Å². The summed E-state index contributed by atoms with van der Waals surface area (Å²) in [5.74, 6) is 1.39. The van der Waals surface area contributed by atoms with Crippen molar-refractivity contribution < 1.29 is 4.21 Å². The molecule has 1 unspecified atom stereocenters. The molecule has 1 saturated carbocycles. The van der Waals surface area contributed by atoms with Crippen LogP contribution in [0.2, 0.25) is 0 Å². The summed E-state index contributed by atoms with van der Waals surface area (Å²) in [5.41, 5.74) is 0. The monoisotopic (exact) mass is 147 g/mol. The summed E-state index contributed by atoms with van der Waals surface area (Å²) in [6.07, 6.45) is 5.09. The first kappa shape index (κ1) is 7.22. The van der Waals surface area contributed by atoms with Gasteiger partial charge < -0.3 is 0 Å². The van der Waals surface area contributed by atoms with Gasteiger partial charge in [0, 0.05) is 5.75 Å². The maximum absolute atomic E-state index is 10.5. The van der Waals surface area contributed by atoms with Crippen LogP contribution in [0.1, 0.15) is 25.7 Å². The van der Waals surface area contributed by atoms with Crippen molar-refractivity contribution in [3.63, 3.8) is 0 Å². The average Bonchev–Trinajstić information content (AvgIpc) is 2.15. The van der Waals surface area contributed by atoms with E-state index >= 15 is 0 Å². The highest BCUT2D eigenvalue weighted by Crippen LogP contribution is 2.24. The Hall–Kier alpha value is 0.110. The number of nitrogens with two attached hydrogens (primary N) is 1. The lowest BCUT2D eigenvalue weighted by Crippen LogP contribution is -2.13. The van der Waals surface area contributed by atoms with Gasteiger partial charge in [-0.1, -0.05) is 12.8 Å². The number of hydrogen-bond acceptors (Lipinski definition) is 1. The van der Waals surface area contributed by atoms with Crippen LogP contribution in [0.15, 0.2) is 0 Å². The van der Waals surface area contributed by atoms with Gasteiger partial charge in [-0.3, -0.25) is 5.14 Å². The molecule has 1 aliphatic carbocycles. The van der Waals surface area contributed by atoms with Gasteiger partial charge in [-0.25, -0.2) is 4.21 Å². The van der Waals surface area contributed by atoms with E-state index in [1.165, 1.54) is 25.7 Å². The second-order valence-electron chi connectivity index (χ2n) is 2.70. The van der Waals surface area contributed by atoms with Gasteiger partial charge in [0.25, 0.3) is 0 Å². The van der Waals surface area contributed by atoms with Crippen LogP contribution in [0.4, 0.5) is 0 Å². The smallest absolute Gasteiger partial charge is 0.0890 e. The summed E-state index contributed by atoms with van der Waals surface area (Å²) in [4.78, 5) is 0. The summed E-state index contributed by atoms with van der Waals surface area (Å²) in [7, 11) is -1.06. The van der Waals surface area contributed by atoms with Crippen LogP contribution in [0.5, 0.6) is 0 Å². The molecule has 1 rings (SSSR count). The molecule has 0 aromatic rings. The molecule has 0 spiro atoms. The van der Waals surface area contributed by atoms with E-state index in [0.717, 1.165) is 5.75 Å². The molecule has 0 heterocycles. The zero-order valence-electron chi connectivity index (χ0n) is 5.51. The molecule has 1 fully saturated rings. The van der Waals surface area contributed by atoms with E-state index in [9.17, 15) is 4.21 Å². The first-order valence-electron chi connectivity index (χ1n) is 3.42. The minimum atomic E-state index is -1.06. The minimum Gasteiger partial charge on any atom is -0.252 e. The van der Waals surface area contributed by atoms with Crippen molar-refractivity contribution in [2.75, 3.05) is 5.75 Å². The quantitative estimate of drug-likeness (QED) is 0.617. The Bertz CT molecular complexity index is 110. The van der Waals surface area contributed by atoms with E-state index in [2.05, 4.69) is 0 Å². The van der Waals surface area contributed by atoms with Gasteiger partial charge in [0.2, 0.25) is 0 Å². The van der Waals surface area contributed by atoms with E-state index in [-0.39, 0.29) is 0 Å². The van der Waals surface area contributed by atoms with Crippen LogP contribution in [0.3, 0.4) is 0 Å². The van der Waals surface area contributed by atoms with Crippen LogP contribution in [-0.2, 0) is 11.0 Å². The van der Waals surface area contributed by atoms with Crippen molar-refractivity contribution in [3.8, 4) is 0 Å². The van der Waals surface area contributed by atoms with Crippen molar-refractivity contribution in [2.45, 2.75) is 25.7 Å². The molecule has 54 valence electrons. The molecule has 9 heavy (non-hydrogen) atoms. The molecule has 2 nitrogen and oxygen atoms in total. The van der Waals surface area contributed by atoms with E-state index in [4.69, 9.17) is 5.14 Å². The lowest BCUT2D eigenvalue weighted by Gasteiger charge is -2.03. The topological polar surface area (TPSA) is 43.1 Å². The van der Waals surface area contributed by atoms with E-state index in [0.29, 0.717) is 5.92 Å². The summed E-state index contributed by atoms with van der Waals surface area (Å²) in [5, 5.41) is 5.14. The molecule has 0 bridgehead atoms. The summed E-state index contributed by atoms with van der Waals surface area (Å²) < 4.78 is 10.5. The molecule has 1 atom stereocenters. The lowest BCUT2D eigenvalue weighted by atomic mass is 10.1. The predicted octanol–water partition coefficient (Wildman–Crippen LogP) is 0.799. The van der Waals surface area contributed by atoms with Gasteiger partial charge in [-0.2, -0.15) is 0 Å². The van der Waals surface area contributed by atoms with Crippen LogP contribution in [0.25, 0.3) is 0 Å². The lowest BCUT2D eigenvalue weighted by molar-refractivity contribution is 0.605. The summed E-state index contributed by atoms with van der Waals surface area (Å²) in [6.45, 7) is 0. The normalized spacial score (nSPS) is 24.6. The van der Waals surface area contributed by atoms with Gasteiger partial charge in [0.05, 0.1) is 11.0 Å². The fourth-order valence-corrected chi connectivity index (χ4v) is 2.21. The Morgan fingerprint density at radius 3 is 2.44 bits per heavy atom. The molecule has 0 amide bonds. The second kappa shape index (κ2) is 3.32. The molecule has 1 aliphatic rings. The van der Waals surface area contributed by atoms with E-state index < -0.39 is 11.0 Å². The fourth-order valence-electron chi connectivity index (χ4n) is 1.41. The third kappa shape index (κ3) is 2.45. The molecule has 3 heteroatoms. The third-order valence-electron chi connectivity index (χ3n) is 1.87. The molecular weight excluding hydrogens is 134 g/mol. The standard InChI is InChI=1S/C6H13NOS/c7-9(8)5-6-3-1-2-4-6/h6H,1-5,7H2. The van der Waals surface area contributed by atoms with Crippen LogP contribution >= 0.6 is 0 Å². The van der Waals surface area contributed by atoms with Crippen molar-refractivity contribution >= 4 is 11.0 Å². The van der Waals surface area contributed by atoms with Crippen molar-refractivity contribution in [3.05, 3.63) is 0 Å². The zero-order valence-corrected chi connectivity index (χ0v) is 6.32. The van der Waals surface area contributed by atoms with Crippen molar-refractivity contribution in [2.24, 2.45) is 11.1 Å². The fraction of sp³-hybridized carbons (Fsp3) is 1.00. The molecular formula is C6H13NOS. The van der Waals surface area contributed by atoms with Gasteiger partial charge >= 0.3 is 0 Å². The first-order valence-corrected chi connectivity index (χ1v) is 4.80. The van der Waals surface area contributed by atoms with Gasteiger partial charge in [-0.05, 0) is 18.8 Å². The predicted molar refractivity (Wildman–Crippen MR) is 39.2 cm³/mol. The van der Waals surface area contributed by atoms with Gasteiger partial charge in [0.1, 0.15) is 0 Å². The van der Waals surface area contributed by atoms with Crippen LogP contribution in [0, 0.1) is 5.92 Å². The SMILES string of the molecule is NS(=O)CC1CCCC1. The van der Waals surface area contributed by atoms with E-state index in [1.807, 2.05) is 0 Å².